The van der Waals surface area contributed by atoms with Crippen LogP contribution in [0.25, 0.3) is 0 Å². The highest BCUT2D eigenvalue weighted by molar-refractivity contribution is 5.68. The van der Waals surface area contributed by atoms with Crippen molar-refractivity contribution in [3.63, 3.8) is 0 Å². The van der Waals surface area contributed by atoms with Gasteiger partial charge in [0.05, 0.1) is 402 Å². The van der Waals surface area contributed by atoms with Crippen molar-refractivity contribution >= 4 is 48.3 Å². The summed E-state index contributed by atoms with van der Waals surface area (Å²) in [7, 11) is 11.3. The van der Waals surface area contributed by atoms with E-state index in [-0.39, 0.29) is 98.2 Å². The number of carboxylic acid groups (broad SMARTS) is 8. The first-order valence-corrected chi connectivity index (χ1v) is 44.8. The molecule has 52 heteroatoms. The van der Waals surface area contributed by atoms with E-state index in [0.29, 0.717) is 343 Å². The summed E-state index contributed by atoms with van der Waals surface area (Å²) in [6.45, 7) is 30.5. The molecule has 0 aromatic rings. The van der Waals surface area contributed by atoms with Crippen molar-refractivity contribution in [2.24, 2.45) is 0 Å². The van der Waals surface area contributed by atoms with Crippen molar-refractivity contribution in [1.82, 2.24) is 0 Å². The van der Waals surface area contributed by atoms with Crippen molar-refractivity contribution in [3.05, 3.63) is 0 Å². The standard InChI is InChI=1S/C16H32O9.C12H24O7.C11H22O6.C10H20O7.2C10H20O6.C8H16O6.C8H16O5/c1-19-4-5-21-8-9-23-12-13-25-15-14-24-11-10-22-7-6-20-3-2-16(17)18;1-15-4-5-17-8-9-19-11-10-18-7-6-16-3-2-12(13)14;1-14-5-6-16-9-10-17-8-7-15-4-2-3-11(12)13;1-13-2-3-14-4-5-15-6-7-16-8-9-17-10(11)12;1-13-4-5-15-8-9-16-7-6-14-3-2-10(11)12;1-2-3-13-4-5-14-6-7-15-8-9-16-10(11)12;1-11-2-3-12-4-5-13-6-7-14-8(9)10;1-11-4-5-13-7-6-12-3-2-8(9)10/h2-15H2,1H3,(H,17,18);2-11H2,1H3,(H,13,14);2-10H2,1H3,(H,12,13);2-9H2,1H3,(H,11,12);2*2-9H2,1H3,(H,11,12);2-7H2,1H3,(H,9,10);2-7H2,1H3,(H,9,10). The first-order chi connectivity index (χ1) is 66.7. The Morgan fingerprint density at radius 2 is 0.248 bits per heavy atom. The second-order valence-corrected chi connectivity index (χ2v) is 25.3. The molecule has 0 saturated heterocycles. The molecule has 0 aliphatic carbocycles. The number of hydrogen-bond acceptors (Lipinski definition) is 44. The summed E-state index contributed by atoms with van der Waals surface area (Å²) in [5.74, 6) is -4.22. The first kappa shape index (κ1) is 146. The summed E-state index contributed by atoms with van der Waals surface area (Å²) in [5.41, 5.74) is 0. The lowest BCUT2D eigenvalue weighted by molar-refractivity contribution is -0.139. The molecular weight excluding hydrogens is 1850 g/mol. The summed E-state index contributed by atoms with van der Waals surface area (Å²) < 4.78 is 181. The van der Waals surface area contributed by atoms with E-state index in [9.17, 15) is 38.4 Å². The molecule has 137 heavy (non-hydrogen) atoms. The van der Waals surface area contributed by atoms with Crippen molar-refractivity contribution in [2.75, 3.05) is 459 Å². The van der Waals surface area contributed by atoms with Gasteiger partial charge in [0, 0.05) is 69.4 Å². The normalized spacial score (nSPS) is 10.6. The Bertz CT molecular complexity index is 2250. The zero-order valence-corrected chi connectivity index (χ0v) is 82.3. The molecule has 8 N–H and O–H groups in total. The average Bonchev–Trinajstić information content (AvgIpc) is 1.14. The number of aliphatic carboxylic acids is 5. The van der Waals surface area contributed by atoms with E-state index in [4.69, 9.17) is 197 Å². The number of carboxylic acids is 5. The second-order valence-electron chi connectivity index (χ2n) is 25.3. The van der Waals surface area contributed by atoms with E-state index < -0.39 is 48.3 Å². The van der Waals surface area contributed by atoms with Gasteiger partial charge in [0.15, 0.2) is 0 Å². The SMILES string of the molecule is CCCOCCOCCOCCOC(=O)O.COCCOCCOCCC(=O)O.COCCOCCOCCOC(=O)O.COCCOCCOCCOCCC(=O)O.COCCOCCOCCOCCCC(=O)O.COCCOCCOCCOCCOC(=O)O.COCCOCCOCCOCCOCCC(=O)O.COCCOCCOCCOCCOCCOCCOCCC(=O)O. The molecule has 822 valence electrons. The van der Waals surface area contributed by atoms with Gasteiger partial charge < -0.3 is 211 Å². The number of hydrogen-bond donors (Lipinski definition) is 8. The zero-order valence-electron chi connectivity index (χ0n) is 82.3. The number of rotatable bonds is 102. The first-order valence-electron chi connectivity index (χ1n) is 44.8. The third kappa shape index (κ3) is 186. The van der Waals surface area contributed by atoms with Gasteiger partial charge in [-0.1, -0.05) is 6.92 Å². The quantitative estimate of drug-likeness (QED) is 0.0246. The van der Waals surface area contributed by atoms with E-state index in [1.165, 1.54) is 0 Å². The Hall–Kier alpha value is -6.16. The van der Waals surface area contributed by atoms with E-state index in [2.05, 4.69) is 14.2 Å². The number of carbonyl (C=O) groups is 8. The van der Waals surface area contributed by atoms with Crippen LogP contribution in [0.15, 0.2) is 0 Å². The molecule has 0 amide bonds. The van der Waals surface area contributed by atoms with Crippen molar-refractivity contribution < 1.29 is 250 Å². The minimum absolute atomic E-state index is 0.0102. The van der Waals surface area contributed by atoms with Gasteiger partial charge in [0.2, 0.25) is 0 Å². The summed E-state index contributed by atoms with van der Waals surface area (Å²) in [6.07, 6.45) is -2.08. The lowest BCUT2D eigenvalue weighted by Crippen LogP contribution is -2.14. The van der Waals surface area contributed by atoms with E-state index in [1.54, 1.807) is 49.8 Å². The minimum Gasteiger partial charge on any atom is -0.481 e. The van der Waals surface area contributed by atoms with Gasteiger partial charge in [-0.3, -0.25) is 24.0 Å². The Morgan fingerprint density at radius 1 is 0.139 bits per heavy atom. The van der Waals surface area contributed by atoms with E-state index in [0.717, 1.165) is 13.0 Å². The molecule has 0 aromatic heterocycles. The van der Waals surface area contributed by atoms with Crippen molar-refractivity contribution in [3.8, 4) is 0 Å². The maximum atomic E-state index is 10.2. The molecule has 0 bridgehead atoms. The molecule has 0 radical (unpaired) electrons. The van der Waals surface area contributed by atoms with Crippen LogP contribution in [0.3, 0.4) is 0 Å². The summed E-state index contributed by atoms with van der Waals surface area (Å²) in [4.78, 5) is 80.5. The molecule has 0 heterocycles. The predicted molar refractivity (Wildman–Crippen MR) is 483 cm³/mol. The minimum atomic E-state index is -1.29. The number of methoxy groups -OCH3 is 7. The second kappa shape index (κ2) is 143. The summed E-state index contributed by atoms with van der Waals surface area (Å²) in [6, 6.07) is 0. The smallest absolute Gasteiger partial charge is 0.481 e. The lowest BCUT2D eigenvalue weighted by Gasteiger charge is -2.08. The van der Waals surface area contributed by atoms with Crippen LogP contribution in [-0.2, 0) is 194 Å². The van der Waals surface area contributed by atoms with Gasteiger partial charge in [0.25, 0.3) is 0 Å². The fourth-order valence-electron chi connectivity index (χ4n) is 7.44. The largest absolute Gasteiger partial charge is 0.505 e. The molecule has 0 spiro atoms. The average molecular weight is 2020 g/mol. The Kier molecular flexibility index (Phi) is 152. The van der Waals surface area contributed by atoms with Crippen molar-refractivity contribution in [1.29, 1.82) is 0 Å². The Labute approximate surface area is 806 Å². The third-order valence-electron chi connectivity index (χ3n) is 13.9. The molecule has 0 rings (SSSR count). The zero-order chi connectivity index (χ0) is 103. The molecule has 0 saturated carbocycles. The monoisotopic (exact) mass is 2020 g/mol. The van der Waals surface area contributed by atoms with Gasteiger partial charge in [-0.2, -0.15) is 0 Å². The van der Waals surface area contributed by atoms with Crippen LogP contribution < -0.4 is 0 Å². The Balaban J connectivity index is -0.000000233. The molecule has 0 aliphatic rings. The van der Waals surface area contributed by atoms with Crippen LogP contribution in [0, 0.1) is 0 Å². The van der Waals surface area contributed by atoms with Gasteiger partial charge in [0.1, 0.15) is 19.8 Å². The van der Waals surface area contributed by atoms with Gasteiger partial charge in [-0.15, -0.1) is 0 Å². The Morgan fingerprint density at radius 3 is 0.365 bits per heavy atom. The van der Waals surface area contributed by atoms with E-state index in [1.807, 2.05) is 6.92 Å². The highest BCUT2D eigenvalue weighted by Gasteiger charge is 2.06. The molecule has 52 nitrogen and oxygen atoms in total. The van der Waals surface area contributed by atoms with Gasteiger partial charge >= 0.3 is 48.3 Å². The highest BCUT2D eigenvalue weighted by atomic mass is 16.7. The fraction of sp³-hybridized carbons (Fsp3) is 0.906. The van der Waals surface area contributed by atoms with Crippen LogP contribution in [0.1, 0.15) is 51.9 Å². The van der Waals surface area contributed by atoms with Crippen LogP contribution >= 0.6 is 0 Å². The molecule has 0 fully saturated rings. The molecule has 0 aromatic carbocycles. The fourth-order valence-corrected chi connectivity index (χ4v) is 7.44. The highest BCUT2D eigenvalue weighted by Crippen LogP contribution is 1.96. The molecular formula is C85H170O52. The van der Waals surface area contributed by atoms with Crippen LogP contribution in [0.5, 0.6) is 0 Å². The van der Waals surface area contributed by atoms with E-state index >= 15 is 0 Å². The lowest BCUT2D eigenvalue weighted by atomic mass is 10.3. The predicted octanol–water partition coefficient (Wildman–Crippen LogP) is 3.11. The maximum Gasteiger partial charge on any atom is 0.505 e. The topological polar surface area (TPSA) is 631 Å². The third-order valence-corrected chi connectivity index (χ3v) is 13.9. The molecule has 0 atom stereocenters. The summed E-state index contributed by atoms with van der Waals surface area (Å²) >= 11 is 0. The van der Waals surface area contributed by atoms with Crippen LogP contribution in [0.4, 0.5) is 14.4 Å². The number of ether oxygens (including phenoxy) is 36. The molecule has 0 unspecified atom stereocenters. The maximum absolute atomic E-state index is 10.2. The van der Waals surface area contributed by atoms with Crippen molar-refractivity contribution in [2.45, 2.75) is 51.9 Å². The summed E-state index contributed by atoms with van der Waals surface area (Å²) in [5, 5.41) is 66.1. The van der Waals surface area contributed by atoms with Gasteiger partial charge in [-0.25, -0.2) is 14.4 Å². The molecule has 0 aliphatic heterocycles. The van der Waals surface area contributed by atoms with Crippen LogP contribution in [-0.4, -0.2) is 549 Å². The van der Waals surface area contributed by atoms with Gasteiger partial charge in [-0.05, 0) is 12.8 Å². The van der Waals surface area contributed by atoms with Crippen LogP contribution in [0.2, 0.25) is 0 Å².